The van der Waals surface area contributed by atoms with Gasteiger partial charge in [-0.1, -0.05) is 43.2 Å². The molecule has 1 fully saturated rings. The van der Waals surface area contributed by atoms with E-state index in [1.807, 2.05) is 30.3 Å². The number of rotatable bonds is 10. The fourth-order valence-corrected chi connectivity index (χ4v) is 4.23. The minimum atomic E-state index is -0.620. The third-order valence-electron chi connectivity index (χ3n) is 6.14. The number of aromatic nitrogens is 2. The molecule has 1 aliphatic carbocycles. The molecule has 4 rings (SSSR count). The highest BCUT2D eigenvalue weighted by atomic mass is 19.1. The predicted molar refractivity (Wildman–Crippen MR) is 130 cm³/mol. The van der Waals surface area contributed by atoms with Crippen molar-refractivity contribution in [1.82, 2.24) is 15.1 Å². The SMILES string of the molecule is CC(=O)c1cc(OCc2cc(F)ccc2F)n(CC(=O)N[C@H]2CCCC[C@@H]2OCc2ccccc2)n1.[HH]. The Bertz CT molecular complexity index is 1210. The molecule has 36 heavy (non-hydrogen) atoms. The smallest absolute Gasteiger partial charge is 0.242 e. The Morgan fingerprint density at radius 1 is 1.08 bits per heavy atom. The van der Waals surface area contributed by atoms with Gasteiger partial charge < -0.3 is 14.8 Å². The molecule has 1 heterocycles. The van der Waals surface area contributed by atoms with Gasteiger partial charge in [0.2, 0.25) is 11.8 Å². The minimum absolute atomic E-state index is 0. The fraction of sp³-hybridized carbons (Fsp3) is 0.370. The second-order valence-corrected chi connectivity index (χ2v) is 8.90. The summed E-state index contributed by atoms with van der Waals surface area (Å²) < 4.78 is 40.5. The summed E-state index contributed by atoms with van der Waals surface area (Å²) in [5, 5.41) is 7.21. The average molecular weight is 500 g/mol. The zero-order valence-electron chi connectivity index (χ0n) is 20.1. The first-order valence-corrected chi connectivity index (χ1v) is 12.0. The van der Waals surface area contributed by atoms with E-state index in [4.69, 9.17) is 9.47 Å². The third kappa shape index (κ3) is 6.75. The lowest BCUT2D eigenvalue weighted by Crippen LogP contribution is -2.47. The number of ketones is 1. The number of nitrogens with zero attached hydrogens (tertiary/aromatic N) is 2. The van der Waals surface area contributed by atoms with E-state index in [2.05, 4.69) is 10.4 Å². The lowest BCUT2D eigenvalue weighted by atomic mass is 9.92. The van der Waals surface area contributed by atoms with Crippen LogP contribution in [0.2, 0.25) is 0 Å². The van der Waals surface area contributed by atoms with Crippen LogP contribution in [0.25, 0.3) is 0 Å². The number of Topliss-reactive ketones (excluding diaryl/α,β-unsaturated/α-hetero) is 1. The fourth-order valence-electron chi connectivity index (χ4n) is 4.23. The van der Waals surface area contributed by atoms with Gasteiger partial charge >= 0.3 is 0 Å². The van der Waals surface area contributed by atoms with Crippen LogP contribution in [0.15, 0.2) is 54.6 Å². The molecule has 3 aromatic rings. The summed E-state index contributed by atoms with van der Waals surface area (Å²) in [6, 6.07) is 14.2. The molecule has 0 bridgehead atoms. The van der Waals surface area contributed by atoms with Crippen molar-refractivity contribution >= 4 is 11.7 Å². The highest BCUT2D eigenvalue weighted by molar-refractivity contribution is 5.92. The summed E-state index contributed by atoms with van der Waals surface area (Å²) in [4.78, 5) is 24.8. The monoisotopic (exact) mass is 499 g/mol. The summed E-state index contributed by atoms with van der Waals surface area (Å²) in [6.45, 7) is 1.33. The van der Waals surface area contributed by atoms with E-state index in [1.165, 1.54) is 17.7 Å². The molecular weight excluding hydrogens is 468 g/mol. The lowest BCUT2D eigenvalue weighted by Gasteiger charge is -2.32. The minimum Gasteiger partial charge on any atom is -0.473 e. The van der Waals surface area contributed by atoms with E-state index < -0.39 is 11.6 Å². The van der Waals surface area contributed by atoms with Crippen LogP contribution in [0.1, 0.15) is 55.6 Å². The molecule has 0 spiro atoms. The van der Waals surface area contributed by atoms with Crippen molar-refractivity contribution < 1.29 is 29.3 Å². The molecule has 0 radical (unpaired) electrons. The second-order valence-electron chi connectivity index (χ2n) is 8.90. The average Bonchev–Trinajstić information content (AvgIpc) is 3.27. The third-order valence-corrected chi connectivity index (χ3v) is 6.14. The number of amides is 1. The highest BCUT2D eigenvalue weighted by Gasteiger charge is 2.28. The topological polar surface area (TPSA) is 82.5 Å². The number of nitrogens with one attached hydrogen (secondary N) is 1. The van der Waals surface area contributed by atoms with E-state index in [9.17, 15) is 18.4 Å². The number of ether oxygens (including phenoxy) is 2. The van der Waals surface area contributed by atoms with Crippen LogP contribution in [0.4, 0.5) is 8.78 Å². The molecule has 1 aromatic heterocycles. The van der Waals surface area contributed by atoms with Gasteiger partial charge in [0.1, 0.15) is 30.5 Å². The van der Waals surface area contributed by atoms with Crippen molar-refractivity contribution in [3.8, 4) is 5.88 Å². The van der Waals surface area contributed by atoms with Crippen molar-refractivity contribution in [3.63, 3.8) is 0 Å². The summed E-state index contributed by atoms with van der Waals surface area (Å²) in [5.74, 6) is -1.72. The first kappa shape index (κ1) is 25.5. The van der Waals surface area contributed by atoms with Crippen LogP contribution in [0.5, 0.6) is 5.88 Å². The van der Waals surface area contributed by atoms with Crippen molar-refractivity contribution in [2.24, 2.45) is 0 Å². The zero-order valence-corrected chi connectivity index (χ0v) is 20.1. The Balaban J connectivity index is 0.00000380. The second kappa shape index (κ2) is 11.9. The molecular formula is C27H31F2N3O4. The molecule has 192 valence electrons. The number of benzene rings is 2. The molecule has 2 aromatic carbocycles. The largest absolute Gasteiger partial charge is 0.473 e. The van der Waals surface area contributed by atoms with Crippen molar-refractivity contribution in [2.75, 3.05) is 0 Å². The molecule has 1 saturated carbocycles. The number of carbonyl (C=O) groups is 2. The zero-order chi connectivity index (χ0) is 25.5. The molecule has 0 aliphatic heterocycles. The van der Waals surface area contributed by atoms with Gasteiger partial charge in [0.15, 0.2) is 5.78 Å². The van der Waals surface area contributed by atoms with Crippen LogP contribution in [0.3, 0.4) is 0 Å². The normalized spacial score (nSPS) is 17.5. The van der Waals surface area contributed by atoms with Crippen LogP contribution in [-0.4, -0.2) is 33.6 Å². The first-order chi connectivity index (χ1) is 17.4. The van der Waals surface area contributed by atoms with Gasteiger partial charge in [-0.3, -0.25) is 9.59 Å². The van der Waals surface area contributed by atoms with Gasteiger partial charge in [-0.15, -0.1) is 0 Å². The number of carbonyl (C=O) groups excluding carboxylic acids is 2. The van der Waals surface area contributed by atoms with Gasteiger partial charge in [0.05, 0.1) is 18.8 Å². The van der Waals surface area contributed by atoms with Crippen LogP contribution < -0.4 is 10.1 Å². The molecule has 0 saturated heterocycles. The molecule has 1 N–H and O–H groups in total. The maximum absolute atomic E-state index is 14.0. The van der Waals surface area contributed by atoms with Gasteiger partial charge in [0, 0.05) is 20.0 Å². The Morgan fingerprint density at radius 2 is 1.86 bits per heavy atom. The van der Waals surface area contributed by atoms with Crippen molar-refractivity contribution in [2.45, 2.75) is 64.5 Å². The molecule has 2 atom stereocenters. The van der Waals surface area contributed by atoms with Crippen molar-refractivity contribution in [1.29, 1.82) is 0 Å². The van der Waals surface area contributed by atoms with Crippen LogP contribution >= 0.6 is 0 Å². The van der Waals surface area contributed by atoms with Gasteiger partial charge in [-0.2, -0.15) is 5.10 Å². The van der Waals surface area contributed by atoms with Gasteiger partial charge in [-0.05, 0) is 36.6 Å². The molecule has 1 amide bonds. The Labute approximate surface area is 209 Å². The van der Waals surface area contributed by atoms with E-state index in [0.29, 0.717) is 6.61 Å². The quantitative estimate of drug-likeness (QED) is 0.404. The Morgan fingerprint density at radius 3 is 2.64 bits per heavy atom. The van der Waals surface area contributed by atoms with Crippen LogP contribution in [-0.2, 0) is 29.3 Å². The summed E-state index contributed by atoms with van der Waals surface area (Å²) in [5.41, 5.74) is 1.19. The summed E-state index contributed by atoms with van der Waals surface area (Å²) >= 11 is 0. The van der Waals surface area contributed by atoms with Crippen molar-refractivity contribution in [3.05, 3.63) is 83.1 Å². The van der Waals surface area contributed by atoms with E-state index in [0.717, 1.165) is 49.4 Å². The Kier molecular flexibility index (Phi) is 8.43. The van der Waals surface area contributed by atoms with Crippen LogP contribution in [0, 0.1) is 11.6 Å². The molecule has 7 nitrogen and oxygen atoms in total. The van der Waals surface area contributed by atoms with E-state index in [-0.39, 0.29) is 55.6 Å². The maximum Gasteiger partial charge on any atom is 0.242 e. The Hall–Kier alpha value is -3.59. The van der Waals surface area contributed by atoms with Gasteiger partial charge in [0.25, 0.3) is 0 Å². The highest BCUT2D eigenvalue weighted by Crippen LogP contribution is 2.23. The van der Waals surface area contributed by atoms with E-state index in [1.54, 1.807) is 0 Å². The van der Waals surface area contributed by atoms with E-state index >= 15 is 0 Å². The van der Waals surface area contributed by atoms with Gasteiger partial charge in [-0.25, -0.2) is 13.5 Å². The summed E-state index contributed by atoms with van der Waals surface area (Å²) in [7, 11) is 0. The molecule has 9 heteroatoms. The number of hydrogen-bond donors (Lipinski definition) is 1. The molecule has 0 unspecified atom stereocenters. The summed E-state index contributed by atoms with van der Waals surface area (Å²) in [6.07, 6.45) is 3.55. The first-order valence-electron chi connectivity index (χ1n) is 12.0. The lowest BCUT2D eigenvalue weighted by molar-refractivity contribution is -0.124. The molecule has 1 aliphatic rings. The standard InChI is InChI=1S/C27H29F2N3O4.H2/c1-18(33)24-14-27(36-17-20-13-21(28)11-12-22(20)29)32(31-24)15-26(34)30-23-9-5-6-10-25(23)35-16-19-7-3-2-4-8-19;/h2-4,7-8,11-14,23,25H,5-6,9-10,15-17H2,1H3,(H,30,34);1H/t23-,25-;/m0./s1. The number of halogens is 2. The predicted octanol–water partition coefficient (Wildman–Crippen LogP) is 4.83. The number of hydrogen-bond acceptors (Lipinski definition) is 5. The maximum atomic E-state index is 14.0.